The van der Waals surface area contributed by atoms with Gasteiger partial charge in [-0.15, -0.1) is 0 Å². The van der Waals surface area contributed by atoms with Crippen LogP contribution in [0.2, 0.25) is 0 Å². The SMILES string of the molecule is CN(C)c1cc2c(cc1NCc1c(F)cc(F)cc1F)c(=O)c(C(=O)O)cn2CCO. The van der Waals surface area contributed by atoms with Gasteiger partial charge >= 0.3 is 5.97 Å². The second-order valence-electron chi connectivity index (χ2n) is 7.08. The molecule has 0 aliphatic rings. The summed E-state index contributed by atoms with van der Waals surface area (Å²) < 4.78 is 42.6. The van der Waals surface area contributed by atoms with Crippen LogP contribution in [0.15, 0.2) is 35.3 Å². The van der Waals surface area contributed by atoms with E-state index in [1.54, 1.807) is 25.1 Å². The van der Waals surface area contributed by atoms with Crippen LogP contribution < -0.4 is 15.6 Å². The molecule has 0 spiro atoms. The highest BCUT2D eigenvalue weighted by molar-refractivity contribution is 5.96. The number of hydrogen-bond donors (Lipinski definition) is 3. The Morgan fingerprint density at radius 1 is 1.13 bits per heavy atom. The molecular weight excluding hydrogens is 415 g/mol. The molecule has 3 aromatic rings. The number of anilines is 2. The maximum absolute atomic E-state index is 14.0. The van der Waals surface area contributed by atoms with Crippen molar-refractivity contribution in [2.45, 2.75) is 13.1 Å². The van der Waals surface area contributed by atoms with Gasteiger partial charge in [0.15, 0.2) is 0 Å². The van der Waals surface area contributed by atoms with E-state index in [-0.39, 0.29) is 30.6 Å². The third-order valence-corrected chi connectivity index (χ3v) is 4.81. The summed E-state index contributed by atoms with van der Waals surface area (Å²) >= 11 is 0. The first kappa shape index (κ1) is 22.2. The summed E-state index contributed by atoms with van der Waals surface area (Å²) in [4.78, 5) is 25.9. The quantitative estimate of drug-likeness (QED) is 0.528. The van der Waals surface area contributed by atoms with Crippen LogP contribution in [0.4, 0.5) is 24.5 Å². The Kier molecular flexibility index (Phi) is 6.21. The van der Waals surface area contributed by atoms with Crippen molar-refractivity contribution in [2.24, 2.45) is 0 Å². The Balaban J connectivity index is 2.17. The van der Waals surface area contributed by atoms with Gasteiger partial charge in [0, 0.05) is 56.5 Å². The standard InChI is InChI=1S/C21H20F3N3O4/c1-26(2)19-8-18-12(20(29)14(21(30)31)10-27(18)3-4-28)7-17(19)25-9-13-15(23)5-11(22)6-16(13)24/h5-8,10,25,28H,3-4,9H2,1-2H3,(H,30,31). The Morgan fingerprint density at radius 2 is 1.77 bits per heavy atom. The van der Waals surface area contributed by atoms with Crippen LogP contribution in [0.25, 0.3) is 10.9 Å². The summed E-state index contributed by atoms with van der Waals surface area (Å²) in [6.45, 7) is -0.562. The van der Waals surface area contributed by atoms with Gasteiger partial charge < -0.3 is 25.0 Å². The molecular formula is C21H20F3N3O4. The predicted octanol–water partition coefficient (Wildman–Crippen LogP) is 2.79. The number of fused-ring (bicyclic) bond motifs is 1. The normalized spacial score (nSPS) is 11.0. The van der Waals surface area contributed by atoms with E-state index in [0.29, 0.717) is 29.0 Å². The molecule has 0 saturated carbocycles. The van der Waals surface area contributed by atoms with Gasteiger partial charge in [0.05, 0.1) is 23.5 Å². The van der Waals surface area contributed by atoms with Crippen LogP contribution in [0.3, 0.4) is 0 Å². The van der Waals surface area contributed by atoms with Crippen molar-refractivity contribution >= 4 is 28.2 Å². The Bertz CT molecular complexity index is 1200. The number of benzene rings is 2. The van der Waals surface area contributed by atoms with Crippen molar-refractivity contribution in [2.75, 3.05) is 30.9 Å². The van der Waals surface area contributed by atoms with Gasteiger partial charge in [-0.05, 0) is 12.1 Å². The molecule has 3 rings (SSSR count). The van der Waals surface area contributed by atoms with Gasteiger partial charge in [0.2, 0.25) is 5.43 Å². The van der Waals surface area contributed by atoms with Crippen molar-refractivity contribution in [3.63, 3.8) is 0 Å². The molecule has 0 saturated heterocycles. The Labute approximate surface area is 175 Å². The molecule has 0 unspecified atom stereocenters. The number of pyridine rings is 1. The lowest BCUT2D eigenvalue weighted by atomic mass is 10.1. The smallest absolute Gasteiger partial charge is 0.341 e. The molecule has 0 atom stereocenters. The summed E-state index contributed by atoms with van der Waals surface area (Å²) in [5.41, 5.74) is -0.342. The summed E-state index contributed by atoms with van der Waals surface area (Å²) in [6.07, 6.45) is 1.17. The van der Waals surface area contributed by atoms with Gasteiger partial charge in [0.25, 0.3) is 0 Å². The van der Waals surface area contributed by atoms with Gasteiger partial charge in [0.1, 0.15) is 23.0 Å². The second kappa shape index (κ2) is 8.68. The zero-order chi connectivity index (χ0) is 22.9. The molecule has 2 aromatic carbocycles. The second-order valence-corrected chi connectivity index (χ2v) is 7.08. The number of aliphatic hydroxyl groups is 1. The minimum absolute atomic E-state index is 0.0569. The predicted molar refractivity (Wildman–Crippen MR) is 110 cm³/mol. The molecule has 1 aromatic heterocycles. The van der Waals surface area contributed by atoms with Crippen LogP contribution in [0, 0.1) is 17.5 Å². The van der Waals surface area contributed by atoms with E-state index in [2.05, 4.69) is 5.32 Å². The van der Waals surface area contributed by atoms with Crippen molar-refractivity contribution < 1.29 is 28.2 Å². The first-order valence-electron chi connectivity index (χ1n) is 9.24. The van der Waals surface area contributed by atoms with Crippen LogP contribution >= 0.6 is 0 Å². The van der Waals surface area contributed by atoms with E-state index in [1.807, 2.05) is 0 Å². The Morgan fingerprint density at radius 3 is 2.32 bits per heavy atom. The molecule has 164 valence electrons. The average molecular weight is 435 g/mol. The molecule has 0 radical (unpaired) electrons. The molecule has 7 nitrogen and oxygen atoms in total. The summed E-state index contributed by atoms with van der Waals surface area (Å²) in [5.74, 6) is -4.57. The third-order valence-electron chi connectivity index (χ3n) is 4.81. The largest absolute Gasteiger partial charge is 0.477 e. The fourth-order valence-corrected chi connectivity index (χ4v) is 3.31. The van der Waals surface area contributed by atoms with Crippen LogP contribution in [-0.4, -0.2) is 41.5 Å². The lowest BCUT2D eigenvalue weighted by Crippen LogP contribution is -2.21. The number of aliphatic hydroxyl groups excluding tert-OH is 1. The minimum atomic E-state index is -1.42. The topological polar surface area (TPSA) is 94.8 Å². The number of aromatic nitrogens is 1. The molecule has 31 heavy (non-hydrogen) atoms. The van der Waals surface area contributed by atoms with Crippen molar-refractivity contribution in [3.05, 3.63) is 69.3 Å². The van der Waals surface area contributed by atoms with E-state index in [1.165, 1.54) is 16.8 Å². The minimum Gasteiger partial charge on any atom is -0.477 e. The average Bonchev–Trinajstić information content (AvgIpc) is 2.68. The number of aromatic carboxylic acids is 1. The maximum atomic E-state index is 14.0. The van der Waals surface area contributed by atoms with E-state index in [9.17, 15) is 33.0 Å². The van der Waals surface area contributed by atoms with E-state index >= 15 is 0 Å². The molecule has 3 N–H and O–H groups in total. The summed E-state index contributed by atoms with van der Waals surface area (Å²) in [6, 6.07) is 4.14. The van der Waals surface area contributed by atoms with Crippen LogP contribution in [0.1, 0.15) is 15.9 Å². The van der Waals surface area contributed by atoms with Crippen LogP contribution in [0.5, 0.6) is 0 Å². The highest BCUT2D eigenvalue weighted by Gasteiger charge is 2.18. The zero-order valence-electron chi connectivity index (χ0n) is 16.7. The lowest BCUT2D eigenvalue weighted by Gasteiger charge is -2.21. The van der Waals surface area contributed by atoms with Gasteiger partial charge in [-0.1, -0.05) is 0 Å². The number of carboxylic acids is 1. The monoisotopic (exact) mass is 435 g/mol. The van der Waals surface area contributed by atoms with E-state index < -0.39 is 34.4 Å². The third kappa shape index (κ3) is 4.33. The number of hydrogen-bond acceptors (Lipinski definition) is 5. The lowest BCUT2D eigenvalue weighted by molar-refractivity contribution is 0.0694. The maximum Gasteiger partial charge on any atom is 0.341 e. The van der Waals surface area contributed by atoms with Crippen molar-refractivity contribution in [1.29, 1.82) is 0 Å². The molecule has 0 aliphatic carbocycles. The number of carbonyl (C=O) groups is 1. The van der Waals surface area contributed by atoms with Gasteiger partial charge in [-0.25, -0.2) is 18.0 Å². The zero-order valence-corrected chi connectivity index (χ0v) is 16.7. The molecule has 0 fully saturated rings. The highest BCUT2D eigenvalue weighted by Crippen LogP contribution is 2.30. The summed E-state index contributed by atoms with van der Waals surface area (Å²) in [7, 11) is 3.43. The fraction of sp³-hybridized carbons (Fsp3) is 0.238. The molecule has 0 aliphatic heterocycles. The van der Waals surface area contributed by atoms with E-state index in [0.717, 1.165) is 0 Å². The molecule has 1 heterocycles. The first-order valence-corrected chi connectivity index (χ1v) is 9.24. The molecule has 10 heteroatoms. The van der Waals surface area contributed by atoms with Crippen molar-refractivity contribution in [3.8, 4) is 0 Å². The molecule has 0 bridgehead atoms. The number of rotatable bonds is 7. The fourth-order valence-electron chi connectivity index (χ4n) is 3.31. The molecule has 0 amide bonds. The van der Waals surface area contributed by atoms with E-state index in [4.69, 9.17) is 0 Å². The number of nitrogens with zero attached hydrogens (tertiary/aromatic N) is 2. The Hall–Kier alpha value is -3.53. The number of carboxylic acid groups (broad SMARTS) is 1. The van der Waals surface area contributed by atoms with Crippen molar-refractivity contribution in [1.82, 2.24) is 4.57 Å². The summed E-state index contributed by atoms with van der Waals surface area (Å²) in [5, 5.41) is 21.6. The number of halogens is 3. The highest BCUT2D eigenvalue weighted by atomic mass is 19.1. The number of nitrogens with one attached hydrogen (secondary N) is 1. The van der Waals surface area contributed by atoms with Crippen LogP contribution in [-0.2, 0) is 13.1 Å². The first-order chi connectivity index (χ1) is 14.6. The van der Waals surface area contributed by atoms with Gasteiger partial charge in [-0.3, -0.25) is 4.79 Å². The van der Waals surface area contributed by atoms with Gasteiger partial charge in [-0.2, -0.15) is 0 Å².